The molecule has 0 aromatic carbocycles. The van der Waals surface area contributed by atoms with Gasteiger partial charge in [0, 0.05) is 17.3 Å². The average molecular weight is 258 g/mol. The van der Waals surface area contributed by atoms with Crippen molar-refractivity contribution in [2.24, 2.45) is 16.7 Å². The maximum atomic E-state index is 12.2. The predicted molar refractivity (Wildman–Crippen MR) is 71.1 cm³/mol. The zero-order valence-corrected chi connectivity index (χ0v) is 12.1. The quantitative estimate of drug-likeness (QED) is 0.756. The fourth-order valence-corrected chi connectivity index (χ4v) is 3.59. The average Bonchev–Trinajstić information content (AvgIpc) is 2.61. The van der Waals surface area contributed by atoms with Crippen LogP contribution in [0.4, 0.5) is 0 Å². The summed E-state index contributed by atoms with van der Waals surface area (Å²) in [6.07, 6.45) is 4.13. The molecule has 0 aromatic rings. The SMILES string of the molecule is CC1(C)C(C(=O)NC2CCC(Cl)CC2)C1(C)C. The fourth-order valence-electron chi connectivity index (χ4n) is 3.33. The van der Waals surface area contributed by atoms with Crippen LogP contribution < -0.4 is 5.32 Å². The third kappa shape index (κ3) is 2.21. The number of alkyl halides is 1. The highest BCUT2D eigenvalue weighted by molar-refractivity contribution is 6.20. The van der Waals surface area contributed by atoms with Crippen LogP contribution in [0.15, 0.2) is 0 Å². The summed E-state index contributed by atoms with van der Waals surface area (Å²) in [5.41, 5.74) is 0.279. The molecule has 1 N–H and O–H groups in total. The monoisotopic (exact) mass is 257 g/mol. The van der Waals surface area contributed by atoms with Gasteiger partial charge < -0.3 is 5.32 Å². The number of halogens is 1. The van der Waals surface area contributed by atoms with Gasteiger partial charge in [0.25, 0.3) is 0 Å². The first-order valence-electron chi connectivity index (χ1n) is 6.71. The van der Waals surface area contributed by atoms with Gasteiger partial charge in [-0.05, 0) is 36.5 Å². The van der Waals surface area contributed by atoms with Crippen LogP contribution in [0.25, 0.3) is 0 Å². The van der Waals surface area contributed by atoms with Crippen LogP contribution in [0, 0.1) is 16.7 Å². The minimum atomic E-state index is 0.140. The second-order valence-corrected chi connectivity index (χ2v) is 7.45. The molecule has 2 aliphatic carbocycles. The van der Waals surface area contributed by atoms with E-state index in [9.17, 15) is 4.79 Å². The third-order valence-electron chi connectivity index (χ3n) is 5.29. The van der Waals surface area contributed by atoms with Gasteiger partial charge in [0.2, 0.25) is 5.91 Å². The molecular formula is C14H24ClNO. The van der Waals surface area contributed by atoms with Gasteiger partial charge in [-0.15, -0.1) is 11.6 Å². The molecule has 2 rings (SSSR count). The Morgan fingerprint density at radius 2 is 1.53 bits per heavy atom. The van der Waals surface area contributed by atoms with Gasteiger partial charge in [-0.1, -0.05) is 27.7 Å². The van der Waals surface area contributed by atoms with E-state index in [0.717, 1.165) is 25.7 Å². The molecule has 17 heavy (non-hydrogen) atoms. The highest BCUT2D eigenvalue weighted by atomic mass is 35.5. The van der Waals surface area contributed by atoms with Crippen LogP contribution in [0.2, 0.25) is 0 Å². The molecule has 2 aliphatic rings. The molecule has 0 radical (unpaired) electrons. The van der Waals surface area contributed by atoms with Crippen LogP contribution in [-0.2, 0) is 4.79 Å². The molecule has 3 heteroatoms. The maximum absolute atomic E-state index is 12.2. The van der Waals surface area contributed by atoms with Crippen molar-refractivity contribution in [2.75, 3.05) is 0 Å². The minimum absolute atomic E-state index is 0.140. The lowest BCUT2D eigenvalue weighted by Gasteiger charge is -2.26. The first-order valence-corrected chi connectivity index (χ1v) is 7.15. The predicted octanol–water partition coefficient (Wildman–Crippen LogP) is 3.33. The van der Waals surface area contributed by atoms with Crippen LogP contribution in [0.1, 0.15) is 53.4 Å². The Kier molecular flexibility index (Phi) is 3.22. The van der Waals surface area contributed by atoms with Crippen LogP contribution in [-0.4, -0.2) is 17.3 Å². The molecule has 0 spiro atoms. The summed E-state index contributed by atoms with van der Waals surface area (Å²) >= 11 is 6.07. The number of rotatable bonds is 2. The number of hydrogen-bond acceptors (Lipinski definition) is 1. The zero-order valence-electron chi connectivity index (χ0n) is 11.3. The standard InChI is InChI=1S/C14H24ClNO/c1-13(2)11(14(13,3)4)12(17)16-10-7-5-9(15)6-8-10/h9-11H,5-8H2,1-4H3,(H,16,17). The molecule has 0 unspecified atom stereocenters. The second-order valence-electron chi connectivity index (χ2n) is 6.83. The molecule has 2 nitrogen and oxygen atoms in total. The number of nitrogens with one attached hydrogen (secondary N) is 1. The van der Waals surface area contributed by atoms with Crippen molar-refractivity contribution in [3.05, 3.63) is 0 Å². The normalized spacial score (nSPS) is 35.4. The molecule has 1 amide bonds. The lowest BCUT2D eigenvalue weighted by atomic mass is 9.94. The Morgan fingerprint density at radius 1 is 1.06 bits per heavy atom. The van der Waals surface area contributed by atoms with Gasteiger partial charge in [0.1, 0.15) is 0 Å². The van der Waals surface area contributed by atoms with E-state index < -0.39 is 0 Å². The molecule has 0 saturated heterocycles. The van der Waals surface area contributed by atoms with Crippen LogP contribution in [0.5, 0.6) is 0 Å². The lowest BCUT2D eigenvalue weighted by Crippen LogP contribution is -2.39. The zero-order chi connectivity index (χ0) is 12.8. The van der Waals surface area contributed by atoms with Gasteiger partial charge in [-0.25, -0.2) is 0 Å². The summed E-state index contributed by atoms with van der Waals surface area (Å²) in [5, 5.41) is 3.53. The summed E-state index contributed by atoms with van der Waals surface area (Å²) < 4.78 is 0. The second kappa shape index (κ2) is 4.15. The van der Waals surface area contributed by atoms with Crippen molar-refractivity contribution in [3.63, 3.8) is 0 Å². The number of carbonyl (C=O) groups excluding carboxylic acids is 1. The first kappa shape index (κ1) is 13.2. The Hall–Kier alpha value is -0.240. The van der Waals surface area contributed by atoms with E-state index in [1.54, 1.807) is 0 Å². The van der Waals surface area contributed by atoms with E-state index in [1.165, 1.54) is 0 Å². The fraction of sp³-hybridized carbons (Fsp3) is 0.929. The number of carbonyl (C=O) groups is 1. The summed E-state index contributed by atoms with van der Waals surface area (Å²) in [4.78, 5) is 12.2. The Balaban J connectivity index is 1.87. The van der Waals surface area contributed by atoms with Crippen molar-refractivity contribution in [1.82, 2.24) is 5.32 Å². The Morgan fingerprint density at radius 3 is 1.94 bits per heavy atom. The van der Waals surface area contributed by atoms with Crippen LogP contribution >= 0.6 is 11.6 Å². The molecule has 0 heterocycles. The van der Waals surface area contributed by atoms with E-state index in [0.29, 0.717) is 11.4 Å². The minimum Gasteiger partial charge on any atom is -0.353 e. The van der Waals surface area contributed by atoms with Gasteiger partial charge >= 0.3 is 0 Å². The summed E-state index contributed by atoms with van der Waals surface area (Å²) in [7, 11) is 0. The Bertz CT molecular complexity index is 302. The largest absolute Gasteiger partial charge is 0.353 e. The first-order chi connectivity index (χ1) is 7.76. The van der Waals surface area contributed by atoms with Gasteiger partial charge in [-0.2, -0.15) is 0 Å². The van der Waals surface area contributed by atoms with Crippen molar-refractivity contribution in [3.8, 4) is 0 Å². The smallest absolute Gasteiger partial charge is 0.224 e. The molecule has 0 aliphatic heterocycles. The van der Waals surface area contributed by atoms with E-state index >= 15 is 0 Å². The molecule has 2 fully saturated rings. The Labute approximate surface area is 109 Å². The van der Waals surface area contributed by atoms with Gasteiger partial charge in [0.05, 0.1) is 0 Å². The van der Waals surface area contributed by atoms with E-state index in [4.69, 9.17) is 11.6 Å². The van der Waals surface area contributed by atoms with Crippen molar-refractivity contribution in [2.45, 2.75) is 64.8 Å². The van der Waals surface area contributed by atoms with E-state index in [1.807, 2.05) is 0 Å². The number of amides is 1. The molecule has 2 saturated carbocycles. The summed E-state index contributed by atoms with van der Waals surface area (Å²) in [5.74, 6) is 0.418. The number of hydrogen-bond donors (Lipinski definition) is 1. The summed E-state index contributed by atoms with van der Waals surface area (Å²) in [6.45, 7) is 8.75. The third-order valence-corrected chi connectivity index (χ3v) is 5.72. The highest BCUT2D eigenvalue weighted by Gasteiger charge is 2.68. The van der Waals surface area contributed by atoms with Crippen molar-refractivity contribution in [1.29, 1.82) is 0 Å². The topological polar surface area (TPSA) is 29.1 Å². The molecule has 0 aromatic heterocycles. The van der Waals surface area contributed by atoms with Gasteiger partial charge in [-0.3, -0.25) is 4.79 Å². The van der Waals surface area contributed by atoms with E-state index in [-0.39, 0.29) is 22.7 Å². The van der Waals surface area contributed by atoms with Crippen molar-refractivity contribution >= 4 is 17.5 Å². The maximum Gasteiger partial charge on any atom is 0.224 e. The molecular weight excluding hydrogens is 234 g/mol. The van der Waals surface area contributed by atoms with E-state index in [2.05, 4.69) is 33.0 Å². The molecule has 0 atom stereocenters. The molecule has 98 valence electrons. The van der Waals surface area contributed by atoms with Crippen LogP contribution in [0.3, 0.4) is 0 Å². The van der Waals surface area contributed by atoms with Gasteiger partial charge in [0.15, 0.2) is 0 Å². The van der Waals surface area contributed by atoms with Crippen molar-refractivity contribution < 1.29 is 4.79 Å². The summed E-state index contributed by atoms with van der Waals surface area (Å²) in [6, 6.07) is 0.352. The highest BCUT2D eigenvalue weighted by Crippen LogP contribution is 2.68. The lowest BCUT2D eigenvalue weighted by molar-refractivity contribution is -0.124. The molecule has 0 bridgehead atoms.